The Bertz CT molecular complexity index is 220. The van der Waals surface area contributed by atoms with Crippen molar-refractivity contribution in [1.82, 2.24) is 0 Å². The average molecular weight is 162 g/mol. The van der Waals surface area contributed by atoms with Crippen molar-refractivity contribution in [1.29, 1.82) is 0 Å². The molecule has 1 aliphatic rings. The normalized spacial score (nSPS) is 28.3. The Kier molecular flexibility index (Phi) is 2.91. The molecule has 0 aromatic heterocycles. The molecule has 66 valence electrons. The lowest BCUT2D eigenvalue weighted by Gasteiger charge is -2.27. The van der Waals surface area contributed by atoms with Crippen molar-refractivity contribution in [3.8, 4) is 0 Å². The first-order valence-electron chi connectivity index (χ1n) is 4.78. The van der Waals surface area contributed by atoms with Crippen LogP contribution >= 0.6 is 0 Å². The summed E-state index contributed by atoms with van der Waals surface area (Å²) in [4.78, 5) is 0. The van der Waals surface area contributed by atoms with Crippen LogP contribution in [0.25, 0.3) is 0 Å². The lowest BCUT2D eigenvalue weighted by atomic mass is 9.78. The predicted molar refractivity (Wildman–Crippen MR) is 55.1 cm³/mol. The van der Waals surface area contributed by atoms with Gasteiger partial charge in [0.1, 0.15) is 0 Å². The lowest BCUT2D eigenvalue weighted by molar-refractivity contribution is 0.474. The standard InChI is InChI=1S/C12H18/c1-4-11-7-9-12(5-2,6-3)10-8-11/h5,7-9H,2,4,6,10H2,1,3H3. The molecular formula is C12H18. The fraction of sp³-hybridized carbons (Fsp3) is 0.500. The maximum absolute atomic E-state index is 3.90. The molecule has 0 aromatic carbocycles. The van der Waals surface area contributed by atoms with E-state index in [1.807, 2.05) is 0 Å². The molecule has 0 spiro atoms. The van der Waals surface area contributed by atoms with E-state index in [9.17, 15) is 0 Å². The van der Waals surface area contributed by atoms with Crippen LogP contribution in [0, 0.1) is 5.41 Å². The van der Waals surface area contributed by atoms with E-state index in [-0.39, 0.29) is 5.41 Å². The minimum atomic E-state index is 0.249. The quantitative estimate of drug-likeness (QED) is 0.553. The van der Waals surface area contributed by atoms with Crippen LogP contribution in [0.1, 0.15) is 33.1 Å². The van der Waals surface area contributed by atoms with Crippen molar-refractivity contribution in [3.63, 3.8) is 0 Å². The van der Waals surface area contributed by atoms with Gasteiger partial charge < -0.3 is 0 Å². The van der Waals surface area contributed by atoms with Gasteiger partial charge in [0.05, 0.1) is 0 Å². The zero-order chi connectivity index (χ0) is 9.03. The van der Waals surface area contributed by atoms with Crippen LogP contribution in [0.2, 0.25) is 0 Å². The second-order valence-corrected chi connectivity index (χ2v) is 3.46. The molecular weight excluding hydrogens is 144 g/mol. The molecule has 1 rings (SSSR count). The molecule has 0 nitrogen and oxygen atoms in total. The van der Waals surface area contributed by atoms with Crippen molar-refractivity contribution in [2.75, 3.05) is 0 Å². The summed E-state index contributed by atoms with van der Waals surface area (Å²) in [5.41, 5.74) is 1.71. The zero-order valence-electron chi connectivity index (χ0n) is 8.14. The van der Waals surface area contributed by atoms with Gasteiger partial charge in [-0.05, 0) is 19.3 Å². The van der Waals surface area contributed by atoms with Gasteiger partial charge in [0.15, 0.2) is 0 Å². The molecule has 0 aliphatic heterocycles. The van der Waals surface area contributed by atoms with Gasteiger partial charge in [-0.25, -0.2) is 0 Å². The highest BCUT2D eigenvalue weighted by Gasteiger charge is 2.21. The Morgan fingerprint density at radius 2 is 2.33 bits per heavy atom. The molecule has 0 N–H and O–H groups in total. The fourth-order valence-electron chi connectivity index (χ4n) is 1.55. The fourth-order valence-corrected chi connectivity index (χ4v) is 1.55. The Morgan fingerprint density at radius 1 is 1.58 bits per heavy atom. The Hall–Kier alpha value is -0.780. The van der Waals surface area contributed by atoms with Gasteiger partial charge in [0.2, 0.25) is 0 Å². The monoisotopic (exact) mass is 162 g/mol. The van der Waals surface area contributed by atoms with E-state index in [2.05, 4.69) is 44.7 Å². The van der Waals surface area contributed by atoms with Gasteiger partial charge in [0.25, 0.3) is 0 Å². The average Bonchev–Trinajstić information content (AvgIpc) is 2.18. The Balaban J connectivity index is 2.74. The molecule has 0 radical (unpaired) electrons. The molecule has 12 heavy (non-hydrogen) atoms. The largest absolute Gasteiger partial charge is 0.102 e. The molecule has 0 saturated carbocycles. The second-order valence-electron chi connectivity index (χ2n) is 3.46. The molecule has 0 heterocycles. The molecule has 0 aromatic rings. The van der Waals surface area contributed by atoms with Gasteiger partial charge in [0, 0.05) is 5.41 Å². The summed E-state index contributed by atoms with van der Waals surface area (Å²) in [7, 11) is 0. The zero-order valence-corrected chi connectivity index (χ0v) is 8.14. The van der Waals surface area contributed by atoms with E-state index in [4.69, 9.17) is 0 Å². The Labute approximate surface area is 75.7 Å². The van der Waals surface area contributed by atoms with E-state index in [1.54, 1.807) is 0 Å². The first-order chi connectivity index (χ1) is 5.76. The Morgan fingerprint density at radius 3 is 2.67 bits per heavy atom. The first-order valence-corrected chi connectivity index (χ1v) is 4.78. The third kappa shape index (κ3) is 1.69. The van der Waals surface area contributed by atoms with E-state index in [1.165, 1.54) is 5.57 Å². The summed E-state index contributed by atoms with van der Waals surface area (Å²) in [5.74, 6) is 0. The van der Waals surface area contributed by atoms with Gasteiger partial charge in [-0.15, -0.1) is 6.58 Å². The third-order valence-electron chi connectivity index (χ3n) is 2.85. The molecule has 1 atom stereocenters. The highest BCUT2D eigenvalue weighted by Crippen LogP contribution is 2.34. The minimum Gasteiger partial charge on any atom is -0.102 e. The highest BCUT2D eigenvalue weighted by molar-refractivity contribution is 5.29. The van der Waals surface area contributed by atoms with E-state index >= 15 is 0 Å². The molecule has 0 bridgehead atoms. The van der Waals surface area contributed by atoms with Crippen LogP contribution in [-0.4, -0.2) is 0 Å². The van der Waals surface area contributed by atoms with E-state index in [0.717, 1.165) is 19.3 Å². The number of hydrogen-bond acceptors (Lipinski definition) is 0. The van der Waals surface area contributed by atoms with Crippen LogP contribution in [0.15, 0.2) is 36.5 Å². The SMILES string of the molecule is C=CC1(CC)C=CC(CC)=CC1. The van der Waals surface area contributed by atoms with Crippen molar-refractivity contribution < 1.29 is 0 Å². The van der Waals surface area contributed by atoms with E-state index in [0.29, 0.717) is 0 Å². The number of rotatable bonds is 3. The predicted octanol–water partition coefficient (Wildman–Crippen LogP) is 3.87. The van der Waals surface area contributed by atoms with Gasteiger partial charge in [-0.1, -0.05) is 43.7 Å². The van der Waals surface area contributed by atoms with E-state index < -0.39 is 0 Å². The van der Waals surface area contributed by atoms with Crippen LogP contribution in [0.4, 0.5) is 0 Å². The van der Waals surface area contributed by atoms with Crippen LogP contribution in [0.3, 0.4) is 0 Å². The van der Waals surface area contributed by atoms with Crippen molar-refractivity contribution >= 4 is 0 Å². The molecule has 1 unspecified atom stereocenters. The maximum Gasteiger partial charge on any atom is 0.00935 e. The van der Waals surface area contributed by atoms with Gasteiger partial charge >= 0.3 is 0 Å². The summed E-state index contributed by atoms with van der Waals surface area (Å²) in [6.45, 7) is 8.31. The number of hydrogen-bond donors (Lipinski definition) is 0. The van der Waals surface area contributed by atoms with Crippen LogP contribution < -0.4 is 0 Å². The van der Waals surface area contributed by atoms with Crippen LogP contribution in [0.5, 0.6) is 0 Å². The number of allylic oxidation sites excluding steroid dienone is 5. The van der Waals surface area contributed by atoms with Crippen molar-refractivity contribution in [3.05, 3.63) is 36.5 Å². The summed E-state index contributed by atoms with van der Waals surface area (Å²) in [6.07, 6.45) is 12.4. The maximum atomic E-state index is 3.90. The third-order valence-corrected chi connectivity index (χ3v) is 2.85. The minimum absolute atomic E-state index is 0.249. The molecule has 0 saturated heterocycles. The second kappa shape index (κ2) is 3.75. The lowest BCUT2D eigenvalue weighted by Crippen LogP contribution is -2.14. The van der Waals surface area contributed by atoms with Crippen molar-refractivity contribution in [2.24, 2.45) is 5.41 Å². The molecule has 1 aliphatic carbocycles. The van der Waals surface area contributed by atoms with Gasteiger partial charge in [-0.2, -0.15) is 0 Å². The summed E-state index contributed by atoms with van der Waals surface area (Å²) < 4.78 is 0. The summed E-state index contributed by atoms with van der Waals surface area (Å²) in [6, 6.07) is 0. The summed E-state index contributed by atoms with van der Waals surface area (Å²) >= 11 is 0. The topological polar surface area (TPSA) is 0 Å². The smallest absolute Gasteiger partial charge is 0.00935 e. The molecule has 0 fully saturated rings. The molecule has 0 heteroatoms. The first kappa shape index (κ1) is 9.31. The van der Waals surface area contributed by atoms with Gasteiger partial charge in [-0.3, -0.25) is 0 Å². The van der Waals surface area contributed by atoms with Crippen molar-refractivity contribution in [2.45, 2.75) is 33.1 Å². The summed E-state index contributed by atoms with van der Waals surface area (Å²) in [5, 5.41) is 0. The molecule has 0 amide bonds. The van der Waals surface area contributed by atoms with Crippen LogP contribution in [-0.2, 0) is 0 Å². The highest BCUT2D eigenvalue weighted by atomic mass is 14.3.